The zero-order valence-corrected chi connectivity index (χ0v) is 8.65. The van der Waals surface area contributed by atoms with E-state index in [4.69, 9.17) is 0 Å². The van der Waals surface area contributed by atoms with Crippen LogP contribution in [0, 0.1) is 5.92 Å². The van der Waals surface area contributed by atoms with Crippen molar-refractivity contribution < 1.29 is 24.2 Å². The average Bonchev–Trinajstić information content (AvgIpc) is 2.16. The van der Waals surface area contributed by atoms with Crippen molar-refractivity contribution in [2.75, 3.05) is 13.2 Å². The van der Waals surface area contributed by atoms with Crippen molar-refractivity contribution in [1.29, 1.82) is 0 Å². The van der Waals surface area contributed by atoms with Crippen LogP contribution in [0.25, 0.3) is 0 Å². The van der Waals surface area contributed by atoms with Gasteiger partial charge in [0.05, 0.1) is 19.1 Å². The Balaban J connectivity index is 4.16. The third kappa shape index (κ3) is 3.74. The van der Waals surface area contributed by atoms with Crippen LogP contribution in [-0.4, -0.2) is 36.4 Å². The van der Waals surface area contributed by atoms with E-state index in [1.165, 1.54) is 6.92 Å². The Morgan fingerprint density at radius 2 is 1.57 bits per heavy atom. The van der Waals surface area contributed by atoms with Gasteiger partial charge in [0, 0.05) is 0 Å². The molecule has 0 fully saturated rings. The summed E-state index contributed by atoms with van der Waals surface area (Å²) in [5.41, 5.74) is 0. The van der Waals surface area contributed by atoms with Crippen LogP contribution in [0.1, 0.15) is 20.8 Å². The first-order chi connectivity index (χ1) is 6.54. The van der Waals surface area contributed by atoms with Crippen molar-refractivity contribution >= 4 is 11.9 Å². The molecule has 0 aliphatic rings. The van der Waals surface area contributed by atoms with Gasteiger partial charge in [-0.3, -0.25) is 4.79 Å². The van der Waals surface area contributed by atoms with E-state index >= 15 is 0 Å². The molecule has 0 aliphatic carbocycles. The third-order valence-electron chi connectivity index (χ3n) is 1.66. The van der Waals surface area contributed by atoms with Gasteiger partial charge in [-0.1, -0.05) is 0 Å². The smallest absolute Gasteiger partial charge is 0.335 e. The van der Waals surface area contributed by atoms with Gasteiger partial charge in [0.25, 0.3) is 0 Å². The van der Waals surface area contributed by atoms with Gasteiger partial charge in [-0.2, -0.15) is 0 Å². The molecule has 82 valence electrons. The van der Waals surface area contributed by atoms with Gasteiger partial charge in [-0.15, -0.1) is 0 Å². The molecule has 0 aliphatic heterocycles. The van der Waals surface area contributed by atoms with E-state index in [0.29, 0.717) is 0 Å². The first kappa shape index (κ1) is 12.9. The van der Waals surface area contributed by atoms with Crippen LogP contribution in [0.5, 0.6) is 0 Å². The summed E-state index contributed by atoms with van der Waals surface area (Å²) in [6.45, 7) is 5.09. The maximum absolute atomic E-state index is 11.1. The van der Waals surface area contributed by atoms with Crippen LogP contribution < -0.4 is 0 Å². The topological polar surface area (TPSA) is 72.8 Å². The number of carbonyl (C=O) groups is 2. The zero-order chi connectivity index (χ0) is 11.1. The lowest BCUT2D eigenvalue weighted by Gasteiger charge is -2.15. The van der Waals surface area contributed by atoms with Crippen molar-refractivity contribution in [1.82, 2.24) is 0 Å². The Morgan fingerprint density at radius 3 is 2.00 bits per heavy atom. The summed E-state index contributed by atoms with van der Waals surface area (Å²) in [6, 6.07) is 0. The van der Waals surface area contributed by atoms with Gasteiger partial charge in [0.1, 0.15) is 0 Å². The first-order valence-electron chi connectivity index (χ1n) is 4.55. The maximum atomic E-state index is 11.1. The summed E-state index contributed by atoms with van der Waals surface area (Å²) in [6.07, 6.45) is -1.45. The van der Waals surface area contributed by atoms with Crippen molar-refractivity contribution in [3.63, 3.8) is 0 Å². The Kier molecular flexibility index (Phi) is 5.87. The van der Waals surface area contributed by atoms with Gasteiger partial charge in [0.15, 0.2) is 6.10 Å². The summed E-state index contributed by atoms with van der Waals surface area (Å²) < 4.78 is 9.20. The molecule has 0 saturated heterocycles. The van der Waals surface area contributed by atoms with Crippen LogP contribution in [0.4, 0.5) is 0 Å². The van der Waals surface area contributed by atoms with Crippen molar-refractivity contribution in [3.8, 4) is 0 Å². The molecule has 0 spiro atoms. The fourth-order valence-electron chi connectivity index (χ4n) is 0.834. The molecule has 0 radical (unpaired) electrons. The second-order valence-electron chi connectivity index (χ2n) is 2.74. The monoisotopic (exact) mass is 204 g/mol. The molecule has 1 unspecified atom stereocenters. The SMILES string of the molecule is CCOC(=O)C(C)[C@H](O)C(=O)OCC. The Labute approximate surface area is 83.0 Å². The fourth-order valence-corrected chi connectivity index (χ4v) is 0.834. The number of esters is 2. The molecule has 14 heavy (non-hydrogen) atoms. The highest BCUT2D eigenvalue weighted by atomic mass is 16.6. The minimum Gasteiger partial charge on any atom is -0.466 e. The molecule has 0 amide bonds. The molecular formula is C9H16O5. The second-order valence-corrected chi connectivity index (χ2v) is 2.74. The number of hydrogen-bond donors (Lipinski definition) is 1. The van der Waals surface area contributed by atoms with Gasteiger partial charge >= 0.3 is 11.9 Å². The Morgan fingerprint density at radius 1 is 1.14 bits per heavy atom. The highest BCUT2D eigenvalue weighted by Crippen LogP contribution is 2.07. The number of aliphatic hydroxyl groups excluding tert-OH is 1. The Hall–Kier alpha value is -1.10. The second kappa shape index (κ2) is 6.37. The average molecular weight is 204 g/mol. The number of rotatable bonds is 5. The molecule has 0 bridgehead atoms. The molecular weight excluding hydrogens is 188 g/mol. The van der Waals surface area contributed by atoms with E-state index < -0.39 is 24.0 Å². The highest BCUT2D eigenvalue weighted by Gasteiger charge is 2.30. The highest BCUT2D eigenvalue weighted by molar-refractivity contribution is 5.83. The lowest BCUT2D eigenvalue weighted by Crippen LogP contribution is -2.35. The van der Waals surface area contributed by atoms with E-state index in [2.05, 4.69) is 9.47 Å². The van der Waals surface area contributed by atoms with Crippen LogP contribution >= 0.6 is 0 Å². The Bertz CT molecular complexity index is 179. The maximum Gasteiger partial charge on any atom is 0.335 e. The van der Waals surface area contributed by atoms with Crippen LogP contribution in [0.15, 0.2) is 0 Å². The van der Waals surface area contributed by atoms with Crippen LogP contribution in [0.3, 0.4) is 0 Å². The first-order valence-corrected chi connectivity index (χ1v) is 4.55. The summed E-state index contributed by atoms with van der Waals surface area (Å²) in [5, 5.41) is 9.34. The van der Waals surface area contributed by atoms with Gasteiger partial charge < -0.3 is 14.6 Å². The standard InChI is InChI=1S/C9H16O5/c1-4-13-8(11)6(3)7(10)9(12)14-5-2/h6-7,10H,4-5H2,1-3H3/t6?,7-/m0/s1. The molecule has 0 aromatic carbocycles. The molecule has 1 N–H and O–H groups in total. The molecule has 0 heterocycles. The van der Waals surface area contributed by atoms with Crippen molar-refractivity contribution in [2.24, 2.45) is 5.92 Å². The van der Waals surface area contributed by atoms with E-state index in [0.717, 1.165) is 0 Å². The molecule has 0 rings (SSSR count). The summed E-state index contributed by atoms with van der Waals surface area (Å²) >= 11 is 0. The molecule has 0 aromatic rings. The number of hydrogen-bond acceptors (Lipinski definition) is 5. The predicted octanol–water partition coefficient (Wildman–Crippen LogP) is 0.110. The fraction of sp³-hybridized carbons (Fsp3) is 0.778. The summed E-state index contributed by atoms with van der Waals surface area (Å²) in [7, 11) is 0. The normalized spacial score (nSPS) is 14.3. The molecule has 0 saturated carbocycles. The summed E-state index contributed by atoms with van der Waals surface area (Å²) in [4.78, 5) is 22.1. The van der Waals surface area contributed by atoms with Gasteiger partial charge in [0.2, 0.25) is 0 Å². The summed E-state index contributed by atoms with van der Waals surface area (Å²) in [5.74, 6) is -2.30. The zero-order valence-electron chi connectivity index (χ0n) is 8.65. The third-order valence-corrected chi connectivity index (χ3v) is 1.66. The largest absolute Gasteiger partial charge is 0.466 e. The van der Waals surface area contributed by atoms with E-state index in [1.807, 2.05) is 0 Å². The predicted molar refractivity (Wildman–Crippen MR) is 48.4 cm³/mol. The molecule has 0 aromatic heterocycles. The van der Waals surface area contributed by atoms with Gasteiger partial charge in [-0.25, -0.2) is 4.79 Å². The van der Waals surface area contributed by atoms with Crippen molar-refractivity contribution in [2.45, 2.75) is 26.9 Å². The number of ether oxygens (including phenoxy) is 2. The number of carbonyl (C=O) groups excluding carboxylic acids is 2. The minimum absolute atomic E-state index is 0.172. The van der Waals surface area contributed by atoms with Gasteiger partial charge in [-0.05, 0) is 20.8 Å². The molecule has 2 atom stereocenters. The van der Waals surface area contributed by atoms with E-state index in [-0.39, 0.29) is 13.2 Å². The lowest BCUT2D eigenvalue weighted by atomic mass is 10.1. The van der Waals surface area contributed by atoms with E-state index in [9.17, 15) is 14.7 Å². The van der Waals surface area contributed by atoms with E-state index in [1.54, 1.807) is 13.8 Å². The van der Waals surface area contributed by atoms with Crippen molar-refractivity contribution in [3.05, 3.63) is 0 Å². The van der Waals surface area contributed by atoms with Crippen LogP contribution in [-0.2, 0) is 19.1 Å². The number of aliphatic hydroxyl groups is 1. The molecule has 5 heteroatoms. The minimum atomic E-state index is -1.45. The van der Waals surface area contributed by atoms with Crippen LogP contribution in [0.2, 0.25) is 0 Å². The quantitative estimate of drug-likeness (QED) is 0.643. The lowest BCUT2D eigenvalue weighted by molar-refractivity contribution is -0.165. The molecule has 5 nitrogen and oxygen atoms in total.